The fourth-order valence-corrected chi connectivity index (χ4v) is 2.41. The van der Waals surface area contributed by atoms with E-state index in [9.17, 15) is 13.2 Å². The lowest BCUT2D eigenvalue weighted by Crippen LogP contribution is -2.54. The van der Waals surface area contributed by atoms with Gasteiger partial charge in [-0.2, -0.15) is 13.2 Å². The Morgan fingerprint density at radius 1 is 1.16 bits per heavy atom. The first kappa shape index (κ1) is 14.2. The molecule has 1 fully saturated rings. The molecule has 1 aliphatic carbocycles. The zero-order valence-corrected chi connectivity index (χ0v) is 11.2. The first-order valence-corrected chi connectivity index (χ1v) is 6.42. The van der Waals surface area contributed by atoms with Gasteiger partial charge in [0.1, 0.15) is 0 Å². The molecule has 5 heteroatoms. The predicted octanol–water partition coefficient (Wildman–Crippen LogP) is 3.60. The molecule has 0 heterocycles. The van der Waals surface area contributed by atoms with Crippen LogP contribution in [-0.4, -0.2) is 31.1 Å². The lowest BCUT2D eigenvalue weighted by molar-refractivity contribution is -0.137. The van der Waals surface area contributed by atoms with Crippen molar-refractivity contribution in [1.82, 2.24) is 4.90 Å². The third kappa shape index (κ3) is 3.03. The quantitative estimate of drug-likeness (QED) is 0.901. The second-order valence-corrected chi connectivity index (χ2v) is 5.40. The molecule has 0 atom stereocenters. The lowest BCUT2D eigenvalue weighted by atomic mass is 9.75. The molecule has 0 aromatic heterocycles. The molecule has 1 N–H and O–H groups in total. The molecule has 1 saturated carbocycles. The van der Waals surface area contributed by atoms with Crippen LogP contribution in [0.2, 0.25) is 0 Å². The highest BCUT2D eigenvalue weighted by atomic mass is 19.4. The van der Waals surface area contributed by atoms with Crippen molar-refractivity contribution in [2.45, 2.75) is 31.0 Å². The number of benzene rings is 1. The predicted molar refractivity (Wildman–Crippen MR) is 70.2 cm³/mol. The van der Waals surface area contributed by atoms with E-state index in [4.69, 9.17) is 0 Å². The molecule has 0 spiro atoms. The number of likely N-dealkylation sites (N-methyl/N-ethyl adjacent to an activating group) is 1. The van der Waals surface area contributed by atoms with E-state index >= 15 is 0 Å². The Hall–Kier alpha value is -1.23. The van der Waals surface area contributed by atoms with Crippen LogP contribution >= 0.6 is 0 Å². The molecule has 2 rings (SSSR count). The monoisotopic (exact) mass is 272 g/mol. The van der Waals surface area contributed by atoms with Gasteiger partial charge in [0.2, 0.25) is 0 Å². The van der Waals surface area contributed by atoms with Gasteiger partial charge in [0.15, 0.2) is 0 Å². The molecule has 0 aliphatic heterocycles. The first-order valence-electron chi connectivity index (χ1n) is 6.42. The number of anilines is 1. The molecule has 0 amide bonds. The number of nitrogens with one attached hydrogen (secondary N) is 1. The van der Waals surface area contributed by atoms with E-state index in [0.717, 1.165) is 37.2 Å². The minimum Gasteiger partial charge on any atom is -0.383 e. The van der Waals surface area contributed by atoms with E-state index in [1.807, 2.05) is 14.1 Å². The maximum atomic E-state index is 12.4. The van der Waals surface area contributed by atoms with Crippen molar-refractivity contribution in [3.8, 4) is 0 Å². The second-order valence-electron chi connectivity index (χ2n) is 5.40. The average Bonchev–Trinajstić information content (AvgIpc) is 2.26. The van der Waals surface area contributed by atoms with Gasteiger partial charge in [-0.05, 0) is 57.6 Å². The molecule has 2 nitrogen and oxygen atoms in total. The molecular formula is C14H19F3N2. The zero-order valence-electron chi connectivity index (χ0n) is 11.2. The average molecular weight is 272 g/mol. The highest BCUT2D eigenvalue weighted by Crippen LogP contribution is 2.36. The highest BCUT2D eigenvalue weighted by molar-refractivity contribution is 5.45. The molecule has 1 aromatic rings. The number of hydrogen-bond acceptors (Lipinski definition) is 2. The smallest absolute Gasteiger partial charge is 0.383 e. The SMILES string of the molecule is CN(C)C1(CNc2ccc(C(F)(F)F)cc2)CCC1. The van der Waals surface area contributed by atoms with Crippen molar-refractivity contribution in [2.75, 3.05) is 26.0 Å². The van der Waals surface area contributed by atoms with Crippen LogP contribution in [0.3, 0.4) is 0 Å². The van der Waals surface area contributed by atoms with Crippen LogP contribution in [0.25, 0.3) is 0 Å². The third-order valence-corrected chi connectivity index (χ3v) is 4.07. The van der Waals surface area contributed by atoms with Crippen LogP contribution in [-0.2, 0) is 6.18 Å². The summed E-state index contributed by atoms with van der Waals surface area (Å²) in [6.45, 7) is 0.769. The maximum Gasteiger partial charge on any atom is 0.416 e. The summed E-state index contributed by atoms with van der Waals surface area (Å²) in [6.07, 6.45) is -0.786. The van der Waals surface area contributed by atoms with Gasteiger partial charge in [-0.15, -0.1) is 0 Å². The van der Waals surface area contributed by atoms with Crippen LogP contribution in [0.1, 0.15) is 24.8 Å². The number of rotatable bonds is 4. The van der Waals surface area contributed by atoms with E-state index in [2.05, 4.69) is 10.2 Å². The Morgan fingerprint density at radius 2 is 1.74 bits per heavy atom. The molecule has 19 heavy (non-hydrogen) atoms. The molecule has 0 unspecified atom stereocenters. The van der Waals surface area contributed by atoms with Crippen molar-refractivity contribution in [1.29, 1.82) is 0 Å². The largest absolute Gasteiger partial charge is 0.416 e. The van der Waals surface area contributed by atoms with Crippen LogP contribution in [0, 0.1) is 0 Å². The topological polar surface area (TPSA) is 15.3 Å². The van der Waals surface area contributed by atoms with E-state index < -0.39 is 11.7 Å². The summed E-state index contributed by atoms with van der Waals surface area (Å²) in [5, 5.41) is 3.24. The molecule has 0 radical (unpaired) electrons. The molecular weight excluding hydrogens is 253 g/mol. The van der Waals surface area contributed by atoms with Crippen LogP contribution < -0.4 is 5.32 Å². The Labute approximate surface area is 111 Å². The molecule has 106 valence electrons. The van der Waals surface area contributed by atoms with Crippen molar-refractivity contribution >= 4 is 5.69 Å². The van der Waals surface area contributed by atoms with Gasteiger partial charge in [-0.1, -0.05) is 0 Å². The summed E-state index contributed by atoms with van der Waals surface area (Å²) in [7, 11) is 4.10. The van der Waals surface area contributed by atoms with E-state index in [1.165, 1.54) is 18.6 Å². The van der Waals surface area contributed by atoms with Crippen LogP contribution in [0.5, 0.6) is 0 Å². The second kappa shape index (κ2) is 5.04. The first-order chi connectivity index (χ1) is 8.83. The molecule has 1 aromatic carbocycles. The van der Waals surface area contributed by atoms with Crippen LogP contribution in [0.4, 0.5) is 18.9 Å². The molecule has 0 bridgehead atoms. The lowest BCUT2D eigenvalue weighted by Gasteiger charge is -2.47. The Bertz CT molecular complexity index is 419. The molecule has 0 saturated heterocycles. The summed E-state index contributed by atoms with van der Waals surface area (Å²) in [5.74, 6) is 0. The van der Waals surface area contributed by atoms with Crippen LogP contribution in [0.15, 0.2) is 24.3 Å². The third-order valence-electron chi connectivity index (χ3n) is 4.07. The van der Waals surface area contributed by atoms with Gasteiger partial charge in [-0.25, -0.2) is 0 Å². The van der Waals surface area contributed by atoms with Crippen molar-refractivity contribution in [3.63, 3.8) is 0 Å². The van der Waals surface area contributed by atoms with Gasteiger partial charge in [0.05, 0.1) is 5.56 Å². The van der Waals surface area contributed by atoms with E-state index in [-0.39, 0.29) is 5.54 Å². The number of halogens is 3. The zero-order chi connectivity index (χ0) is 14.1. The highest BCUT2D eigenvalue weighted by Gasteiger charge is 2.38. The summed E-state index contributed by atoms with van der Waals surface area (Å²) >= 11 is 0. The summed E-state index contributed by atoms with van der Waals surface area (Å²) in [4.78, 5) is 2.20. The minimum absolute atomic E-state index is 0.155. The minimum atomic E-state index is -4.27. The summed E-state index contributed by atoms with van der Waals surface area (Å²) in [6, 6.07) is 5.21. The van der Waals surface area contributed by atoms with Gasteiger partial charge in [0.25, 0.3) is 0 Å². The Morgan fingerprint density at radius 3 is 2.11 bits per heavy atom. The number of hydrogen-bond donors (Lipinski definition) is 1. The van der Waals surface area contributed by atoms with Gasteiger partial charge < -0.3 is 10.2 Å². The van der Waals surface area contributed by atoms with Gasteiger partial charge in [0, 0.05) is 17.8 Å². The summed E-state index contributed by atoms with van der Waals surface area (Å²) < 4.78 is 37.3. The Kier molecular flexibility index (Phi) is 3.76. The number of nitrogens with zero attached hydrogens (tertiary/aromatic N) is 1. The maximum absolute atomic E-state index is 12.4. The summed E-state index contributed by atoms with van der Waals surface area (Å²) in [5.41, 5.74) is 0.285. The fourth-order valence-electron chi connectivity index (χ4n) is 2.41. The number of alkyl halides is 3. The van der Waals surface area contributed by atoms with E-state index in [1.54, 1.807) is 0 Å². The fraction of sp³-hybridized carbons (Fsp3) is 0.571. The standard InChI is InChI=1S/C14H19F3N2/c1-19(2)13(8-3-9-13)10-18-12-6-4-11(5-7-12)14(15,16)17/h4-7,18H,3,8-10H2,1-2H3. The van der Waals surface area contributed by atoms with Crippen molar-refractivity contribution in [3.05, 3.63) is 29.8 Å². The van der Waals surface area contributed by atoms with Crippen molar-refractivity contribution < 1.29 is 13.2 Å². The van der Waals surface area contributed by atoms with Crippen molar-refractivity contribution in [2.24, 2.45) is 0 Å². The Balaban J connectivity index is 1.97. The van der Waals surface area contributed by atoms with E-state index in [0.29, 0.717) is 0 Å². The molecule has 1 aliphatic rings. The normalized spacial score (nSPS) is 18.2. The van der Waals surface area contributed by atoms with Gasteiger partial charge in [-0.3, -0.25) is 0 Å². The van der Waals surface area contributed by atoms with Gasteiger partial charge >= 0.3 is 6.18 Å².